The summed E-state index contributed by atoms with van der Waals surface area (Å²) in [7, 11) is 0. The van der Waals surface area contributed by atoms with Crippen molar-refractivity contribution in [2.24, 2.45) is 0 Å². The molecular formula is C18H21F2N. The lowest BCUT2D eigenvalue weighted by molar-refractivity contribution is 0.619. The average molecular weight is 289 g/mol. The third-order valence-corrected chi connectivity index (χ3v) is 3.56. The number of hydrogen-bond donors (Lipinski definition) is 1. The van der Waals surface area contributed by atoms with Gasteiger partial charge >= 0.3 is 0 Å². The van der Waals surface area contributed by atoms with Crippen LogP contribution in [0.1, 0.15) is 30.0 Å². The zero-order chi connectivity index (χ0) is 15.4. The Kier molecular flexibility index (Phi) is 5.07. The van der Waals surface area contributed by atoms with E-state index in [0.29, 0.717) is 12.1 Å². The Labute approximate surface area is 125 Å². The van der Waals surface area contributed by atoms with Crippen molar-refractivity contribution < 1.29 is 8.78 Å². The molecule has 0 amide bonds. The molecule has 1 N–H and O–H groups in total. The minimum atomic E-state index is -0.283. The third kappa shape index (κ3) is 3.67. The summed E-state index contributed by atoms with van der Waals surface area (Å²) in [6, 6.07) is 8.14. The molecule has 0 aliphatic carbocycles. The minimum Gasteiger partial charge on any atom is -0.313 e. The van der Waals surface area contributed by atoms with Crippen molar-refractivity contribution in [3.8, 4) is 11.1 Å². The fraction of sp³-hybridized carbons (Fsp3) is 0.333. The van der Waals surface area contributed by atoms with Gasteiger partial charge in [-0.2, -0.15) is 0 Å². The van der Waals surface area contributed by atoms with E-state index in [1.165, 1.54) is 12.1 Å². The number of aryl methyl sites for hydroxylation is 2. The van der Waals surface area contributed by atoms with Crippen molar-refractivity contribution in [1.82, 2.24) is 5.32 Å². The van der Waals surface area contributed by atoms with Crippen LogP contribution in [0.3, 0.4) is 0 Å². The standard InChI is InChI=1S/C18H21F2N/c1-4-7-21-11-14-5-6-16(17(20)10-14)18-12(2)8-15(19)9-13(18)3/h5-6,8-10,21H,4,7,11H2,1-3H3. The van der Waals surface area contributed by atoms with Gasteiger partial charge in [-0.25, -0.2) is 8.78 Å². The van der Waals surface area contributed by atoms with Gasteiger partial charge in [-0.15, -0.1) is 0 Å². The molecule has 0 saturated carbocycles. The molecule has 0 fully saturated rings. The first-order valence-electron chi connectivity index (χ1n) is 7.29. The highest BCUT2D eigenvalue weighted by Crippen LogP contribution is 2.30. The van der Waals surface area contributed by atoms with Gasteiger partial charge in [0.05, 0.1) is 0 Å². The maximum absolute atomic E-state index is 14.4. The van der Waals surface area contributed by atoms with Crippen molar-refractivity contribution >= 4 is 0 Å². The van der Waals surface area contributed by atoms with E-state index in [0.717, 1.165) is 35.2 Å². The molecular weight excluding hydrogens is 268 g/mol. The van der Waals surface area contributed by atoms with E-state index in [1.54, 1.807) is 12.1 Å². The second-order valence-electron chi connectivity index (χ2n) is 5.41. The third-order valence-electron chi connectivity index (χ3n) is 3.56. The molecule has 2 rings (SSSR count). The molecule has 0 aromatic heterocycles. The number of rotatable bonds is 5. The smallest absolute Gasteiger partial charge is 0.131 e. The van der Waals surface area contributed by atoms with Crippen LogP contribution in [0.5, 0.6) is 0 Å². The van der Waals surface area contributed by atoms with Crippen molar-refractivity contribution in [3.05, 3.63) is 58.7 Å². The molecule has 0 bridgehead atoms. The summed E-state index contributed by atoms with van der Waals surface area (Å²) in [5.41, 5.74) is 3.74. The highest BCUT2D eigenvalue weighted by atomic mass is 19.1. The molecule has 0 heterocycles. The summed E-state index contributed by atoms with van der Waals surface area (Å²) in [6.07, 6.45) is 1.05. The van der Waals surface area contributed by atoms with Gasteiger partial charge in [0.15, 0.2) is 0 Å². The first-order chi connectivity index (χ1) is 10.0. The van der Waals surface area contributed by atoms with Crippen LogP contribution < -0.4 is 5.32 Å². The predicted molar refractivity (Wildman–Crippen MR) is 83.3 cm³/mol. The molecule has 0 atom stereocenters. The summed E-state index contributed by atoms with van der Waals surface area (Å²) in [5, 5.41) is 3.25. The van der Waals surface area contributed by atoms with Crippen LogP contribution in [-0.4, -0.2) is 6.54 Å². The van der Waals surface area contributed by atoms with Crippen LogP contribution >= 0.6 is 0 Å². The lowest BCUT2D eigenvalue weighted by Crippen LogP contribution is -2.13. The molecule has 1 nitrogen and oxygen atoms in total. The average Bonchev–Trinajstić information content (AvgIpc) is 2.40. The van der Waals surface area contributed by atoms with Crippen molar-refractivity contribution in [2.45, 2.75) is 33.7 Å². The first kappa shape index (κ1) is 15.6. The normalized spacial score (nSPS) is 10.9. The predicted octanol–water partition coefficient (Wildman–Crippen LogP) is 4.75. The zero-order valence-electron chi connectivity index (χ0n) is 12.8. The number of nitrogens with one attached hydrogen (secondary N) is 1. The Morgan fingerprint density at radius 3 is 2.24 bits per heavy atom. The summed E-state index contributed by atoms with van der Waals surface area (Å²) in [4.78, 5) is 0. The maximum Gasteiger partial charge on any atom is 0.131 e. The number of halogens is 2. The topological polar surface area (TPSA) is 12.0 Å². The van der Waals surface area contributed by atoms with Crippen LogP contribution in [0.2, 0.25) is 0 Å². The van der Waals surface area contributed by atoms with Gasteiger partial charge in [0.2, 0.25) is 0 Å². The van der Waals surface area contributed by atoms with E-state index in [1.807, 2.05) is 19.9 Å². The summed E-state index contributed by atoms with van der Waals surface area (Å²) in [6.45, 7) is 7.28. The van der Waals surface area contributed by atoms with Gasteiger partial charge < -0.3 is 5.32 Å². The molecule has 0 saturated heterocycles. The molecule has 2 aromatic rings. The Balaban J connectivity index is 2.33. The Bertz CT molecular complexity index is 612. The van der Waals surface area contributed by atoms with Crippen LogP contribution in [0.15, 0.2) is 30.3 Å². The second kappa shape index (κ2) is 6.81. The summed E-state index contributed by atoms with van der Waals surface area (Å²) in [5.74, 6) is -0.543. The van der Waals surface area contributed by atoms with Crippen LogP contribution in [0, 0.1) is 25.5 Å². The van der Waals surface area contributed by atoms with Crippen LogP contribution in [0.25, 0.3) is 11.1 Å². The quantitative estimate of drug-likeness (QED) is 0.783. The van der Waals surface area contributed by atoms with E-state index < -0.39 is 0 Å². The van der Waals surface area contributed by atoms with Gasteiger partial charge in [0, 0.05) is 12.1 Å². The number of benzene rings is 2. The molecule has 0 spiro atoms. The molecule has 0 aliphatic rings. The molecule has 2 aromatic carbocycles. The monoisotopic (exact) mass is 289 g/mol. The highest BCUT2D eigenvalue weighted by Gasteiger charge is 2.12. The van der Waals surface area contributed by atoms with Gasteiger partial charge in [-0.3, -0.25) is 0 Å². The molecule has 21 heavy (non-hydrogen) atoms. The minimum absolute atomic E-state index is 0.261. The highest BCUT2D eigenvalue weighted by molar-refractivity contribution is 5.71. The Morgan fingerprint density at radius 1 is 1.00 bits per heavy atom. The largest absolute Gasteiger partial charge is 0.313 e. The van der Waals surface area contributed by atoms with Gasteiger partial charge in [0.1, 0.15) is 11.6 Å². The van der Waals surface area contributed by atoms with Crippen LogP contribution in [-0.2, 0) is 6.54 Å². The molecule has 0 unspecified atom stereocenters. The SMILES string of the molecule is CCCNCc1ccc(-c2c(C)cc(F)cc2C)c(F)c1. The van der Waals surface area contributed by atoms with Gasteiger partial charge in [-0.1, -0.05) is 19.1 Å². The maximum atomic E-state index is 14.4. The van der Waals surface area contributed by atoms with Crippen molar-refractivity contribution in [3.63, 3.8) is 0 Å². The van der Waals surface area contributed by atoms with E-state index in [-0.39, 0.29) is 11.6 Å². The summed E-state index contributed by atoms with van der Waals surface area (Å²) >= 11 is 0. The van der Waals surface area contributed by atoms with Gasteiger partial charge in [-0.05, 0) is 67.3 Å². The molecule has 112 valence electrons. The van der Waals surface area contributed by atoms with Crippen molar-refractivity contribution in [1.29, 1.82) is 0 Å². The van der Waals surface area contributed by atoms with Crippen molar-refractivity contribution in [2.75, 3.05) is 6.54 Å². The fourth-order valence-corrected chi connectivity index (χ4v) is 2.62. The van der Waals surface area contributed by atoms with Gasteiger partial charge in [0.25, 0.3) is 0 Å². The Hall–Kier alpha value is -1.74. The van der Waals surface area contributed by atoms with E-state index in [4.69, 9.17) is 0 Å². The lowest BCUT2D eigenvalue weighted by Gasteiger charge is -2.13. The van der Waals surface area contributed by atoms with E-state index in [9.17, 15) is 8.78 Å². The second-order valence-corrected chi connectivity index (χ2v) is 5.41. The van der Waals surface area contributed by atoms with E-state index >= 15 is 0 Å². The van der Waals surface area contributed by atoms with Crippen LogP contribution in [0.4, 0.5) is 8.78 Å². The fourth-order valence-electron chi connectivity index (χ4n) is 2.62. The zero-order valence-corrected chi connectivity index (χ0v) is 12.8. The lowest BCUT2D eigenvalue weighted by atomic mass is 9.94. The Morgan fingerprint density at radius 2 is 1.67 bits per heavy atom. The van der Waals surface area contributed by atoms with E-state index in [2.05, 4.69) is 12.2 Å². The first-order valence-corrected chi connectivity index (χ1v) is 7.29. The molecule has 3 heteroatoms. The summed E-state index contributed by atoms with van der Waals surface area (Å²) < 4.78 is 27.7. The molecule has 0 radical (unpaired) electrons. The molecule has 0 aliphatic heterocycles. The number of hydrogen-bond acceptors (Lipinski definition) is 1.